The Hall–Kier alpha value is -3.00. The summed E-state index contributed by atoms with van der Waals surface area (Å²) in [6.45, 7) is 2.87. The molecule has 1 amide bonds. The molecule has 29 heavy (non-hydrogen) atoms. The van der Waals surface area contributed by atoms with E-state index in [1.807, 2.05) is 13.0 Å². The van der Waals surface area contributed by atoms with E-state index in [1.165, 1.54) is 24.5 Å². The number of aryl methyl sites for hydroxylation is 1. The smallest absolute Gasteiger partial charge is 0.268 e. The fraction of sp³-hybridized carbons (Fsp3) is 0.368. The molecule has 2 rings (SSSR count). The van der Waals surface area contributed by atoms with Crippen molar-refractivity contribution in [1.29, 1.82) is 5.26 Å². The molecule has 0 aliphatic carbocycles. The van der Waals surface area contributed by atoms with Crippen LogP contribution in [0.2, 0.25) is 0 Å². The van der Waals surface area contributed by atoms with E-state index in [9.17, 15) is 10.1 Å². The highest BCUT2D eigenvalue weighted by Gasteiger charge is 2.13. The summed E-state index contributed by atoms with van der Waals surface area (Å²) >= 11 is 1.27. The van der Waals surface area contributed by atoms with Crippen LogP contribution >= 0.6 is 11.3 Å². The van der Waals surface area contributed by atoms with Gasteiger partial charge in [0.2, 0.25) is 5.13 Å². The van der Waals surface area contributed by atoms with Gasteiger partial charge in [-0.15, -0.1) is 10.2 Å². The fourth-order valence-corrected chi connectivity index (χ4v) is 2.80. The molecule has 10 heteroatoms. The minimum Gasteiger partial charge on any atom is -0.493 e. The number of aromatic nitrogens is 2. The van der Waals surface area contributed by atoms with Gasteiger partial charge in [-0.1, -0.05) is 24.3 Å². The monoisotopic (exact) mass is 418 g/mol. The van der Waals surface area contributed by atoms with Gasteiger partial charge in [0, 0.05) is 7.11 Å². The topological polar surface area (TPSA) is 116 Å². The Labute approximate surface area is 172 Å². The maximum absolute atomic E-state index is 12.3. The Morgan fingerprint density at radius 1 is 1.28 bits per heavy atom. The highest BCUT2D eigenvalue weighted by atomic mass is 32.1. The zero-order valence-corrected chi connectivity index (χ0v) is 17.2. The van der Waals surface area contributed by atoms with Crippen molar-refractivity contribution < 1.29 is 23.7 Å². The van der Waals surface area contributed by atoms with Gasteiger partial charge in [0.1, 0.15) is 16.6 Å². The number of rotatable bonds is 11. The molecule has 154 valence electrons. The van der Waals surface area contributed by atoms with Gasteiger partial charge in [0.15, 0.2) is 18.3 Å². The summed E-state index contributed by atoms with van der Waals surface area (Å²) in [7, 11) is 3.09. The van der Waals surface area contributed by atoms with E-state index in [2.05, 4.69) is 15.5 Å². The minimum atomic E-state index is -0.558. The highest BCUT2D eigenvalue weighted by Crippen LogP contribution is 2.29. The van der Waals surface area contributed by atoms with E-state index in [1.54, 1.807) is 25.3 Å². The van der Waals surface area contributed by atoms with Crippen LogP contribution in [-0.2, 0) is 20.7 Å². The van der Waals surface area contributed by atoms with Crippen molar-refractivity contribution in [3.8, 4) is 17.6 Å². The summed E-state index contributed by atoms with van der Waals surface area (Å²) in [6, 6.07) is 6.94. The first kappa shape index (κ1) is 22.3. The second kappa shape index (κ2) is 11.8. The third kappa shape index (κ3) is 6.83. The number of hydrogen-bond acceptors (Lipinski definition) is 9. The summed E-state index contributed by atoms with van der Waals surface area (Å²) < 4.78 is 21.0. The number of methoxy groups -OCH3 is 2. The van der Waals surface area contributed by atoms with E-state index >= 15 is 0 Å². The number of carbonyl (C=O) groups is 1. The van der Waals surface area contributed by atoms with Gasteiger partial charge in [-0.2, -0.15) is 5.26 Å². The number of carbonyl (C=O) groups excluding carboxylic acids is 1. The summed E-state index contributed by atoms with van der Waals surface area (Å²) in [5.74, 6) is 0.367. The Balaban J connectivity index is 2.07. The second-order valence-electron chi connectivity index (χ2n) is 5.55. The van der Waals surface area contributed by atoms with Crippen LogP contribution in [0.15, 0.2) is 23.8 Å². The largest absolute Gasteiger partial charge is 0.493 e. The van der Waals surface area contributed by atoms with E-state index in [4.69, 9.17) is 18.9 Å². The summed E-state index contributed by atoms with van der Waals surface area (Å²) in [4.78, 5) is 12.3. The maximum atomic E-state index is 12.3. The van der Waals surface area contributed by atoms with E-state index in [0.29, 0.717) is 35.4 Å². The predicted molar refractivity (Wildman–Crippen MR) is 108 cm³/mol. The van der Waals surface area contributed by atoms with Crippen molar-refractivity contribution in [1.82, 2.24) is 10.2 Å². The molecule has 0 aliphatic heterocycles. The Morgan fingerprint density at radius 2 is 2.10 bits per heavy atom. The van der Waals surface area contributed by atoms with Gasteiger partial charge >= 0.3 is 0 Å². The van der Waals surface area contributed by atoms with Gasteiger partial charge < -0.3 is 18.9 Å². The van der Waals surface area contributed by atoms with E-state index in [-0.39, 0.29) is 12.4 Å². The number of hydrogen-bond donors (Lipinski definition) is 1. The zero-order valence-electron chi connectivity index (χ0n) is 16.4. The minimum absolute atomic E-state index is 0.0440. The molecule has 0 aliphatic rings. The lowest BCUT2D eigenvalue weighted by Gasteiger charge is -2.11. The molecule has 9 nitrogen and oxygen atoms in total. The van der Waals surface area contributed by atoms with Crippen LogP contribution in [0.3, 0.4) is 0 Å². The molecule has 1 heterocycles. The second-order valence-corrected chi connectivity index (χ2v) is 6.61. The van der Waals surface area contributed by atoms with Crippen LogP contribution in [0.4, 0.5) is 5.13 Å². The molecule has 0 saturated heterocycles. The Kier molecular flexibility index (Phi) is 9.04. The van der Waals surface area contributed by atoms with E-state index < -0.39 is 5.91 Å². The lowest BCUT2D eigenvalue weighted by atomic mass is 10.1. The average molecular weight is 418 g/mol. The van der Waals surface area contributed by atoms with Crippen LogP contribution in [0.5, 0.6) is 11.5 Å². The van der Waals surface area contributed by atoms with Gasteiger partial charge in [-0.05, 0) is 30.2 Å². The van der Waals surface area contributed by atoms with Crippen LogP contribution in [-0.4, -0.2) is 50.3 Å². The molecule has 0 fully saturated rings. The first-order chi connectivity index (χ1) is 14.1. The van der Waals surface area contributed by atoms with E-state index in [0.717, 1.165) is 11.4 Å². The predicted octanol–water partition coefficient (Wildman–Crippen LogP) is 2.65. The van der Waals surface area contributed by atoms with Gasteiger partial charge in [-0.3, -0.25) is 10.1 Å². The SMILES string of the molecule is CCc1nnc(NC(=O)C(C#N)=Cc2ccc(OCOCCOC)c(OC)c2)s1. The Bertz CT molecular complexity index is 891. The first-order valence-electron chi connectivity index (χ1n) is 8.74. The highest BCUT2D eigenvalue weighted by molar-refractivity contribution is 7.15. The molecule has 0 bridgehead atoms. The number of nitrogens with one attached hydrogen (secondary N) is 1. The quantitative estimate of drug-likeness (QED) is 0.256. The lowest BCUT2D eigenvalue weighted by molar-refractivity contribution is -0.112. The summed E-state index contributed by atoms with van der Waals surface area (Å²) in [6.07, 6.45) is 2.18. The standard InChI is InChI=1S/C19H22N4O5S/c1-4-17-22-23-19(29-17)21-18(24)14(11-20)9-13-5-6-15(16(10-13)26-3)28-12-27-8-7-25-2/h5-6,9-10H,4,7-8,12H2,1-3H3,(H,21,23,24). The third-order valence-corrected chi connectivity index (χ3v) is 4.57. The molecular formula is C19H22N4O5S. The van der Waals surface area contributed by atoms with Gasteiger partial charge in [0.05, 0.1) is 20.3 Å². The van der Waals surface area contributed by atoms with Crippen molar-refractivity contribution in [2.75, 3.05) is 39.5 Å². The molecule has 1 aromatic heterocycles. The van der Waals surface area contributed by atoms with Crippen molar-refractivity contribution in [2.45, 2.75) is 13.3 Å². The maximum Gasteiger partial charge on any atom is 0.268 e. The van der Waals surface area contributed by atoms with Crippen LogP contribution < -0.4 is 14.8 Å². The lowest BCUT2D eigenvalue weighted by Crippen LogP contribution is -2.13. The molecule has 0 spiro atoms. The third-order valence-electron chi connectivity index (χ3n) is 3.58. The fourth-order valence-electron chi connectivity index (χ4n) is 2.13. The van der Waals surface area contributed by atoms with Gasteiger partial charge in [-0.25, -0.2) is 0 Å². The molecule has 0 saturated carbocycles. The molecule has 1 aromatic carbocycles. The number of anilines is 1. The number of benzene rings is 1. The van der Waals surface area contributed by atoms with Crippen molar-refractivity contribution in [2.24, 2.45) is 0 Å². The van der Waals surface area contributed by atoms with Crippen molar-refractivity contribution in [3.63, 3.8) is 0 Å². The summed E-state index contributed by atoms with van der Waals surface area (Å²) in [5, 5.41) is 20.9. The number of ether oxygens (including phenoxy) is 4. The van der Waals surface area contributed by atoms with Crippen molar-refractivity contribution >= 4 is 28.5 Å². The van der Waals surface area contributed by atoms with Crippen molar-refractivity contribution in [3.05, 3.63) is 34.3 Å². The van der Waals surface area contributed by atoms with Gasteiger partial charge in [0.25, 0.3) is 5.91 Å². The van der Waals surface area contributed by atoms with Crippen LogP contribution in [0.1, 0.15) is 17.5 Å². The zero-order chi connectivity index (χ0) is 21.1. The van der Waals surface area contributed by atoms with Crippen LogP contribution in [0.25, 0.3) is 6.08 Å². The van der Waals surface area contributed by atoms with Crippen LogP contribution in [0, 0.1) is 11.3 Å². The first-order valence-corrected chi connectivity index (χ1v) is 9.56. The molecular weight excluding hydrogens is 396 g/mol. The average Bonchev–Trinajstić information content (AvgIpc) is 3.19. The number of amides is 1. The normalized spacial score (nSPS) is 11.0. The summed E-state index contributed by atoms with van der Waals surface area (Å²) in [5.41, 5.74) is 0.532. The number of nitrogens with zero attached hydrogens (tertiary/aromatic N) is 3. The Morgan fingerprint density at radius 3 is 2.76 bits per heavy atom. The molecule has 0 atom stereocenters. The molecule has 0 radical (unpaired) electrons. The molecule has 0 unspecified atom stereocenters. The molecule has 1 N–H and O–H groups in total. The number of nitriles is 1. The molecule has 2 aromatic rings.